The van der Waals surface area contributed by atoms with E-state index >= 15 is 0 Å². The van der Waals surface area contributed by atoms with Crippen molar-refractivity contribution in [3.8, 4) is 11.5 Å². The molecule has 29 heavy (non-hydrogen) atoms. The second-order valence-electron chi connectivity index (χ2n) is 7.28. The maximum absolute atomic E-state index is 12.1. The van der Waals surface area contributed by atoms with Gasteiger partial charge >= 0.3 is 0 Å². The van der Waals surface area contributed by atoms with Crippen LogP contribution < -0.4 is 25.4 Å². The molecule has 1 amide bonds. The van der Waals surface area contributed by atoms with E-state index in [1.165, 1.54) is 24.8 Å². The minimum atomic E-state index is 0.0292. The summed E-state index contributed by atoms with van der Waals surface area (Å²) in [6.07, 6.45) is 7.74. The lowest BCUT2D eigenvalue weighted by atomic mass is 9.95. The molecule has 0 aromatic heterocycles. The lowest BCUT2D eigenvalue weighted by Gasteiger charge is -2.23. The van der Waals surface area contributed by atoms with Crippen LogP contribution in [0.3, 0.4) is 0 Å². The Hall–Kier alpha value is -2.44. The van der Waals surface area contributed by atoms with Crippen molar-refractivity contribution in [3.05, 3.63) is 23.8 Å². The van der Waals surface area contributed by atoms with E-state index in [-0.39, 0.29) is 12.5 Å². The molecule has 1 fully saturated rings. The summed E-state index contributed by atoms with van der Waals surface area (Å²) in [5.41, 5.74) is 1.20. The fraction of sp³-hybridized carbons (Fsp3) is 0.636. The zero-order valence-electron chi connectivity index (χ0n) is 18.1. The molecule has 1 aliphatic carbocycles. The molecular formula is C22H36N4O3. The molecular weight excluding hydrogens is 368 g/mol. The Balaban J connectivity index is 1.67. The predicted molar refractivity (Wildman–Crippen MR) is 117 cm³/mol. The van der Waals surface area contributed by atoms with Crippen LogP contribution >= 0.6 is 0 Å². The zero-order chi connectivity index (χ0) is 20.9. The molecule has 1 aliphatic rings. The van der Waals surface area contributed by atoms with Crippen molar-refractivity contribution in [1.82, 2.24) is 16.0 Å². The maximum atomic E-state index is 12.1. The second-order valence-corrected chi connectivity index (χ2v) is 7.28. The summed E-state index contributed by atoms with van der Waals surface area (Å²) in [6.45, 7) is 3.58. The fourth-order valence-electron chi connectivity index (χ4n) is 3.55. The molecule has 0 bridgehead atoms. The highest BCUT2D eigenvalue weighted by molar-refractivity contribution is 5.86. The van der Waals surface area contributed by atoms with Crippen LogP contribution in [0.1, 0.15) is 51.0 Å². The van der Waals surface area contributed by atoms with E-state index in [4.69, 9.17) is 9.47 Å². The van der Waals surface area contributed by atoms with Gasteiger partial charge in [-0.3, -0.25) is 9.79 Å². The summed E-state index contributed by atoms with van der Waals surface area (Å²) in [6, 6.07) is 6.37. The highest BCUT2D eigenvalue weighted by Gasteiger charge is 2.15. The Morgan fingerprint density at radius 1 is 1.17 bits per heavy atom. The number of carbonyl (C=O) groups is 1. The normalized spacial score (nSPS) is 14.9. The van der Waals surface area contributed by atoms with Gasteiger partial charge in [0, 0.05) is 19.6 Å². The Labute approximate surface area is 174 Å². The van der Waals surface area contributed by atoms with E-state index < -0.39 is 0 Å². The van der Waals surface area contributed by atoms with E-state index in [2.05, 4.69) is 27.0 Å². The van der Waals surface area contributed by atoms with Crippen LogP contribution in [-0.4, -0.2) is 51.8 Å². The summed E-state index contributed by atoms with van der Waals surface area (Å²) < 4.78 is 11.0. The second kappa shape index (κ2) is 12.9. The first-order valence-corrected chi connectivity index (χ1v) is 10.7. The van der Waals surface area contributed by atoms with E-state index in [1.54, 1.807) is 14.2 Å². The van der Waals surface area contributed by atoms with Crippen LogP contribution in [0.4, 0.5) is 0 Å². The third kappa shape index (κ3) is 8.21. The molecule has 7 heteroatoms. The SMILES string of the molecule is CCOc1cc(CCCNC(=NC)NCC(=O)NC2CCCCC2)ccc1OC. The molecule has 0 heterocycles. The smallest absolute Gasteiger partial charge is 0.239 e. The number of hydrogen-bond donors (Lipinski definition) is 3. The van der Waals surface area contributed by atoms with E-state index in [0.717, 1.165) is 43.7 Å². The van der Waals surface area contributed by atoms with E-state index in [0.29, 0.717) is 18.6 Å². The number of amides is 1. The van der Waals surface area contributed by atoms with Crippen molar-refractivity contribution in [2.45, 2.75) is 57.9 Å². The third-order valence-electron chi connectivity index (χ3n) is 5.07. The topological polar surface area (TPSA) is 84.0 Å². The number of aryl methyl sites for hydroxylation is 1. The number of guanidine groups is 1. The number of aliphatic imine (C=N–C) groups is 1. The first-order chi connectivity index (χ1) is 14.2. The van der Waals surface area contributed by atoms with Gasteiger partial charge in [0.25, 0.3) is 0 Å². The number of rotatable bonds is 10. The van der Waals surface area contributed by atoms with Crippen molar-refractivity contribution in [2.24, 2.45) is 4.99 Å². The van der Waals surface area contributed by atoms with Crippen LogP contribution in [0.5, 0.6) is 11.5 Å². The van der Waals surface area contributed by atoms with Gasteiger partial charge in [-0.15, -0.1) is 0 Å². The Morgan fingerprint density at radius 3 is 2.66 bits per heavy atom. The van der Waals surface area contributed by atoms with Gasteiger partial charge in [0.2, 0.25) is 5.91 Å². The molecule has 1 aromatic carbocycles. The van der Waals surface area contributed by atoms with Gasteiger partial charge in [-0.25, -0.2) is 0 Å². The van der Waals surface area contributed by atoms with Gasteiger partial charge < -0.3 is 25.4 Å². The molecule has 162 valence electrons. The number of methoxy groups -OCH3 is 1. The van der Waals surface area contributed by atoms with Gasteiger partial charge in [-0.2, -0.15) is 0 Å². The van der Waals surface area contributed by atoms with Crippen molar-refractivity contribution in [3.63, 3.8) is 0 Å². The lowest BCUT2D eigenvalue weighted by Crippen LogP contribution is -2.46. The molecule has 0 radical (unpaired) electrons. The monoisotopic (exact) mass is 404 g/mol. The van der Waals surface area contributed by atoms with Gasteiger partial charge in [-0.05, 0) is 50.3 Å². The van der Waals surface area contributed by atoms with Crippen molar-refractivity contribution >= 4 is 11.9 Å². The van der Waals surface area contributed by atoms with Gasteiger partial charge in [0.1, 0.15) is 0 Å². The molecule has 3 N–H and O–H groups in total. The Kier molecular flexibility index (Phi) is 10.2. The zero-order valence-corrected chi connectivity index (χ0v) is 18.1. The molecule has 7 nitrogen and oxygen atoms in total. The summed E-state index contributed by atoms with van der Waals surface area (Å²) in [5, 5.41) is 9.46. The summed E-state index contributed by atoms with van der Waals surface area (Å²) in [4.78, 5) is 16.3. The predicted octanol–water partition coefficient (Wildman–Crippen LogP) is 2.64. The van der Waals surface area contributed by atoms with Crippen molar-refractivity contribution in [1.29, 1.82) is 0 Å². The minimum Gasteiger partial charge on any atom is -0.493 e. The number of nitrogens with one attached hydrogen (secondary N) is 3. The quantitative estimate of drug-likeness (QED) is 0.317. The Bertz CT molecular complexity index is 657. The highest BCUT2D eigenvalue weighted by Crippen LogP contribution is 2.28. The van der Waals surface area contributed by atoms with Gasteiger partial charge in [-0.1, -0.05) is 25.3 Å². The Morgan fingerprint density at radius 2 is 1.97 bits per heavy atom. The van der Waals surface area contributed by atoms with Crippen LogP contribution in [-0.2, 0) is 11.2 Å². The number of nitrogens with zero attached hydrogens (tertiary/aromatic N) is 1. The molecule has 0 atom stereocenters. The van der Waals surface area contributed by atoms with Crippen molar-refractivity contribution < 1.29 is 14.3 Å². The van der Waals surface area contributed by atoms with Gasteiger partial charge in [0.15, 0.2) is 17.5 Å². The maximum Gasteiger partial charge on any atom is 0.239 e. The van der Waals surface area contributed by atoms with Crippen LogP contribution in [0.15, 0.2) is 23.2 Å². The molecule has 0 unspecified atom stereocenters. The number of hydrogen-bond acceptors (Lipinski definition) is 4. The molecule has 0 aliphatic heterocycles. The van der Waals surface area contributed by atoms with Crippen LogP contribution in [0.25, 0.3) is 0 Å². The molecule has 2 rings (SSSR count). The third-order valence-corrected chi connectivity index (χ3v) is 5.07. The average Bonchev–Trinajstić information content (AvgIpc) is 2.74. The molecule has 1 saturated carbocycles. The standard InChI is InChI=1S/C22H36N4O3/c1-4-29-20-15-17(12-13-19(20)28-3)9-8-14-24-22(23-2)25-16-21(27)26-18-10-6-5-7-11-18/h12-13,15,18H,4-11,14,16H2,1-3H3,(H,26,27)(H2,23,24,25). The first-order valence-electron chi connectivity index (χ1n) is 10.7. The minimum absolute atomic E-state index is 0.0292. The van der Waals surface area contributed by atoms with Gasteiger partial charge in [0.05, 0.1) is 20.3 Å². The molecule has 0 saturated heterocycles. The van der Waals surface area contributed by atoms with Crippen LogP contribution in [0, 0.1) is 0 Å². The largest absolute Gasteiger partial charge is 0.493 e. The number of carbonyl (C=O) groups excluding carboxylic acids is 1. The molecule has 1 aromatic rings. The summed E-state index contributed by atoms with van der Waals surface area (Å²) >= 11 is 0. The first kappa shape index (κ1) is 22.8. The van der Waals surface area contributed by atoms with Crippen LogP contribution in [0.2, 0.25) is 0 Å². The fourth-order valence-corrected chi connectivity index (χ4v) is 3.55. The van der Waals surface area contributed by atoms with E-state index in [1.807, 2.05) is 19.1 Å². The lowest BCUT2D eigenvalue weighted by molar-refractivity contribution is -0.120. The van der Waals surface area contributed by atoms with Crippen molar-refractivity contribution in [2.75, 3.05) is 33.9 Å². The number of ether oxygens (including phenoxy) is 2. The molecule has 0 spiro atoms. The highest BCUT2D eigenvalue weighted by atomic mass is 16.5. The summed E-state index contributed by atoms with van der Waals surface area (Å²) in [7, 11) is 3.36. The van der Waals surface area contributed by atoms with E-state index in [9.17, 15) is 4.79 Å². The summed E-state index contributed by atoms with van der Waals surface area (Å²) in [5.74, 6) is 2.21. The average molecular weight is 405 g/mol. The number of benzene rings is 1.